The number of piperazine rings is 1. The number of carbonyl (C=O) groups excluding carboxylic acids is 1. The second kappa shape index (κ2) is 9.57. The zero-order valence-corrected chi connectivity index (χ0v) is 19.1. The molecule has 3 N–H and O–H groups in total. The van der Waals surface area contributed by atoms with Crippen LogP contribution < -0.4 is 20.9 Å². The number of benzene rings is 1. The predicted molar refractivity (Wildman–Crippen MR) is 128 cm³/mol. The number of nitrogen functional groups attached to an aromatic ring is 1. The first-order chi connectivity index (χ1) is 15.9. The maximum absolute atomic E-state index is 12.8. The van der Waals surface area contributed by atoms with Gasteiger partial charge in [0.25, 0.3) is 5.69 Å². The molecule has 2 aliphatic rings. The summed E-state index contributed by atoms with van der Waals surface area (Å²) in [5, 5.41) is 15.0. The molecule has 2 aliphatic heterocycles. The molecule has 0 atom stereocenters. The molecule has 11 nitrogen and oxygen atoms in total. The third kappa shape index (κ3) is 4.82. The predicted octanol–water partition coefficient (Wildman–Crippen LogP) is 2.02. The standard InChI is InChI=1S/C22H30N8O3/c1-3-4-7-24-22-25-20(23)16-13-19(31)29(21(16)26-22)14-15-5-6-17(18(12-15)30(32)33)28-10-8-27(2)9-11-28/h5-6,12H,3-4,7-11,13-14H2,1-2H3,(H3,23,24,25,26). The highest BCUT2D eigenvalue weighted by molar-refractivity contribution is 6.01. The summed E-state index contributed by atoms with van der Waals surface area (Å²) in [6, 6.07) is 5.19. The molecule has 0 saturated carbocycles. The number of amides is 1. The van der Waals surface area contributed by atoms with E-state index >= 15 is 0 Å². The van der Waals surface area contributed by atoms with E-state index in [4.69, 9.17) is 5.73 Å². The number of anilines is 4. The summed E-state index contributed by atoms with van der Waals surface area (Å²) in [6.45, 7) is 6.16. The minimum atomic E-state index is -0.354. The Bertz CT molecular complexity index is 1050. The molecule has 11 heteroatoms. The van der Waals surface area contributed by atoms with Gasteiger partial charge in [0, 0.05) is 44.4 Å². The topological polar surface area (TPSA) is 134 Å². The van der Waals surface area contributed by atoms with Crippen LogP contribution in [0, 0.1) is 10.1 Å². The van der Waals surface area contributed by atoms with Crippen LogP contribution in [0.25, 0.3) is 0 Å². The van der Waals surface area contributed by atoms with Gasteiger partial charge in [-0.3, -0.25) is 19.8 Å². The number of fused-ring (bicyclic) bond motifs is 1. The van der Waals surface area contributed by atoms with Crippen molar-refractivity contribution < 1.29 is 9.72 Å². The fraction of sp³-hybridized carbons (Fsp3) is 0.500. The third-order valence-electron chi connectivity index (χ3n) is 6.14. The Morgan fingerprint density at radius 2 is 1.97 bits per heavy atom. The molecular formula is C22H30N8O3. The van der Waals surface area contributed by atoms with E-state index < -0.39 is 0 Å². The molecule has 0 unspecified atom stereocenters. The van der Waals surface area contributed by atoms with Crippen molar-refractivity contribution in [1.29, 1.82) is 0 Å². The van der Waals surface area contributed by atoms with E-state index in [1.807, 2.05) is 18.0 Å². The average Bonchev–Trinajstić information content (AvgIpc) is 3.10. The number of nitro benzene ring substituents is 1. The minimum absolute atomic E-state index is 0.0491. The monoisotopic (exact) mass is 454 g/mol. The lowest BCUT2D eigenvalue weighted by Crippen LogP contribution is -2.44. The fourth-order valence-electron chi connectivity index (χ4n) is 4.18. The Hall–Kier alpha value is -3.47. The SMILES string of the molecule is CCCCNc1nc(N)c2c(n1)N(Cc1ccc(N3CCN(C)CC3)c([N+](=O)[O-])c1)C(=O)C2. The molecule has 1 amide bonds. The van der Waals surface area contributed by atoms with Gasteiger partial charge in [0.1, 0.15) is 17.3 Å². The molecule has 1 saturated heterocycles. The van der Waals surface area contributed by atoms with E-state index in [0.29, 0.717) is 35.1 Å². The van der Waals surface area contributed by atoms with Gasteiger partial charge in [0.15, 0.2) is 0 Å². The van der Waals surface area contributed by atoms with E-state index in [-0.39, 0.29) is 35.3 Å². The van der Waals surface area contributed by atoms with Gasteiger partial charge < -0.3 is 20.9 Å². The highest BCUT2D eigenvalue weighted by atomic mass is 16.6. The number of carbonyl (C=O) groups is 1. The molecule has 0 aliphatic carbocycles. The summed E-state index contributed by atoms with van der Waals surface area (Å²) in [5.74, 6) is 0.988. The lowest BCUT2D eigenvalue weighted by molar-refractivity contribution is -0.384. The summed E-state index contributed by atoms with van der Waals surface area (Å²) >= 11 is 0. The zero-order chi connectivity index (χ0) is 23.5. The minimum Gasteiger partial charge on any atom is -0.383 e. The average molecular weight is 455 g/mol. The summed E-state index contributed by atoms with van der Waals surface area (Å²) in [6.07, 6.45) is 2.12. The van der Waals surface area contributed by atoms with Crippen molar-refractivity contribution in [2.75, 3.05) is 60.6 Å². The summed E-state index contributed by atoms with van der Waals surface area (Å²) in [5.41, 5.74) is 8.03. The first-order valence-corrected chi connectivity index (χ1v) is 11.3. The van der Waals surface area contributed by atoms with Crippen LogP contribution in [-0.4, -0.2) is 65.5 Å². The van der Waals surface area contributed by atoms with Crippen molar-refractivity contribution in [3.63, 3.8) is 0 Å². The smallest absolute Gasteiger partial charge is 0.292 e. The lowest BCUT2D eigenvalue weighted by atomic mass is 10.1. The summed E-state index contributed by atoms with van der Waals surface area (Å²) in [7, 11) is 2.04. The van der Waals surface area contributed by atoms with Gasteiger partial charge in [0.2, 0.25) is 11.9 Å². The molecule has 176 valence electrons. The number of likely N-dealkylation sites (N-methyl/N-ethyl adjacent to an activating group) is 1. The summed E-state index contributed by atoms with van der Waals surface area (Å²) < 4.78 is 0. The van der Waals surface area contributed by atoms with Crippen molar-refractivity contribution in [1.82, 2.24) is 14.9 Å². The van der Waals surface area contributed by atoms with Crippen LogP contribution in [0.15, 0.2) is 18.2 Å². The number of aromatic nitrogens is 2. The highest BCUT2D eigenvalue weighted by Gasteiger charge is 2.33. The fourth-order valence-corrected chi connectivity index (χ4v) is 4.18. The maximum atomic E-state index is 12.8. The van der Waals surface area contributed by atoms with Gasteiger partial charge >= 0.3 is 0 Å². The normalized spacial score (nSPS) is 16.2. The second-order valence-electron chi connectivity index (χ2n) is 8.54. The molecule has 3 heterocycles. The molecule has 2 aromatic rings. The number of nitrogens with two attached hydrogens (primary N) is 1. The first kappa shape index (κ1) is 22.7. The van der Waals surface area contributed by atoms with Gasteiger partial charge in [-0.15, -0.1) is 0 Å². The van der Waals surface area contributed by atoms with Crippen LogP contribution in [0.2, 0.25) is 0 Å². The Morgan fingerprint density at radius 1 is 1.21 bits per heavy atom. The number of hydrogen-bond acceptors (Lipinski definition) is 9. The second-order valence-corrected chi connectivity index (χ2v) is 8.54. The van der Waals surface area contributed by atoms with Crippen molar-refractivity contribution in [2.45, 2.75) is 32.7 Å². The van der Waals surface area contributed by atoms with Crippen LogP contribution in [-0.2, 0) is 17.8 Å². The van der Waals surface area contributed by atoms with E-state index in [9.17, 15) is 14.9 Å². The molecule has 1 aromatic carbocycles. The number of hydrogen-bond donors (Lipinski definition) is 2. The van der Waals surface area contributed by atoms with Crippen molar-refractivity contribution in [2.24, 2.45) is 0 Å². The van der Waals surface area contributed by atoms with Gasteiger partial charge in [0.05, 0.1) is 17.9 Å². The Morgan fingerprint density at radius 3 is 2.67 bits per heavy atom. The van der Waals surface area contributed by atoms with Crippen LogP contribution >= 0.6 is 0 Å². The zero-order valence-electron chi connectivity index (χ0n) is 19.1. The lowest BCUT2D eigenvalue weighted by Gasteiger charge is -2.33. The molecule has 1 fully saturated rings. The molecule has 0 spiro atoms. The number of nitro groups is 1. The third-order valence-corrected chi connectivity index (χ3v) is 6.14. The van der Waals surface area contributed by atoms with Crippen LogP contribution in [0.1, 0.15) is 30.9 Å². The quantitative estimate of drug-likeness (QED) is 0.349. The molecule has 0 radical (unpaired) electrons. The highest BCUT2D eigenvalue weighted by Crippen LogP contribution is 2.35. The molecular weight excluding hydrogens is 424 g/mol. The molecule has 4 rings (SSSR count). The van der Waals surface area contributed by atoms with Crippen LogP contribution in [0.3, 0.4) is 0 Å². The van der Waals surface area contributed by atoms with Gasteiger partial charge in [-0.2, -0.15) is 9.97 Å². The van der Waals surface area contributed by atoms with Gasteiger partial charge in [-0.1, -0.05) is 19.4 Å². The Labute approximate surface area is 192 Å². The number of unbranched alkanes of at least 4 members (excludes halogenated alkanes) is 1. The van der Waals surface area contributed by atoms with E-state index in [1.165, 1.54) is 4.90 Å². The van der Waals surface area contributed by atoms with Gasteiger partial charge in [-0.05, 0) is 25.1 Å². The Kier molecular flexibility index (Phi) is 6.59. The molecule has 1 aromatic heterocycles. The largest absolute Gasteiger partial charge is 0.383 e. The number of rotatable bonds is 8. The number of nitrogens with zero attached hydrogens (tertiary/aromatic N) is 6. The Balaban J connectivity index is 1.58. The van der Waals surface area contributed by atoms with E-state index in [2.05, 4.69) is 27.1 Å². The summed E-state index contributed by atoms with van der Waals surface area (Å²) in [4.78, 5) is 38.8. The van der Waals surface area contributed by atoms with E-state index in [0.717, 1.165) is 39.0 Å². The van der Waals surface area contributed by atoms with Crippen molar-refractivity contribution >= 4 is 34.9 Å². The van der Waals surface area contributed by atoms with E-state index in [1.54, 1.807) is 12.1 Å². The molecule has 33 heavy (non-hydrogen) atoms. The van der Waals surface area contributed by atoms with Crippen molar-refractivity contribution in [3.8, 4) is 0 Å². The van der Waals surface area contributed by atoms with Gasteiger partial charge in [-0.25, -0.2) is 0 Å². The van der Waals surface area contributed by atoms with Crippen LogP contribution in [0.4, 0.5) is 29.0 Å². The maximum Gasteiger partial charge on any atom is 0.292 e. The molecule has 0 bridgehead atoms. The number of nitrogens with one attached hydrogen (secondary N) is 1. The first-order valence-electron chi connectivity index (χ1n) is 11.3. The van der Waals surface area contributed by atoms with Crippen LogP contribution in [0.5, 0.6) is 0 Å². The van der Waals surface area contributed by atoms with Crippen molar-refractivity contribution in [3.05, 3.63) is 39.4 Å².